The van der Waals surface area contributed by atoms with E-state index in [1.165, 1.54) is 0 Å². The molecule has 0 aromatic heterocycles. The molecule has 0 atom stereocenters. The molecule has 1 aromatic rings. The summed E-state index contributed by atoms with van der Waals surface area (Å²) >= 11 is 5.71. The van der Waals surface area contributed by atoms with Crippen LogP contribution in [0, 0.1) is 0 Å². The van der Waals surface area contributed by atoms with E-state index in [0.717, 1.165) is 11.1 Å². The molecule has 0 aliphatic heterocycles. The number of rotatable bonds is 7. The summed E-state index contributed by atoms with van der Waals surface area (Å²) in [6, 6.07) is 7.65. The number of hydrogen-bond acceptors (Lipinski definition) is 3. The molecule has 0 aliphatic carbocycles. The molecule has 5 heteroatoms. The molecule has 3 nitrogen and oxygen atoms in total. The first-order valence-electron chi connectivity index (χ1n) is 5.65. The van der Waals surface area contributed by atoms with Crippen LogP contribution in [0.2, 0.25) is 0 Å². The molecule has 0 saturated heterocycles. The van der Waals surface area contributed by atoms with Crippen molar-refractivity contribution in [2.45, 2.75) is 25.9 Å². The molecule has 0 saturated carbocycles. The highest BCUT2D eigenvalue weighted by Gasteiger charge is 2.23. The van der Waals surface area contributed by atoms with Gasteiger partial charge in [0.1, 0.15) is 0 Å². The van der Waals surface area contributed by atoms with E-state index in [2.05, 4.69) is 0 Å². The molecule has 0 aliphatic rings. The van der Waals surface area contributed by atoms with Crippen LogP contribution in [0.15, 0.2) is 24.3 Å². The molecule has 0 amide bonds. The van der Waals surface area contributed by atoms with Crippen LogP contribution in [0.4, 0.5) is 0 Å². The molecule has 1 aromatic carbocycles. The van der Waals surface area contributed by atoms with E-state index in [1.807, 2.05) is 38.1 Å². The van der Waals surface area contributed by atoms with E-state index in [4.69, 9.17) is 20.6 Å². The fourth-order valence-electron chi connectivity index (χ4n) is 1.48. The minimum atomic E-state index is -3.00. The van der Waals surface area contributed by atoms with Gasteiger partial charge in [-0.25, -0.2) is 0 Å². The minimum Gasteiger partial charge on any atom is -0.309 e. The zero-order valence-electron chi connectivity index (χ0n) is 10.2. The Labute approximate surface area is 108 Å². The largest absolute Gasteiger partial charge is 0.335 e. The first kappa shape index (κ1) is 14.7. The smallest absolute Gasteiger partial charge is 0.309 e. The van der Waals surface area contributed by atoms with Gasteiger partial charge in [-0.05, 0) is 25.0 Å². The van der Waals surface area contributed by atoms with Gasteiger partial charge in [0.05, 0.1) is 19.4 Å². The summed E-state index contributed by atoms with van der Waals surface area (Å²) in [5.41, 5.74) is 1.97. The van der Waals surface area contributed by atoms with Crippen molar-refractivity contribution >= 4 is 19.2 Å². The molecule has 0 unspecified atom stereocenters. The molecule has 1 rings (SSSR count). The van der Waals surface area contributed by atoms with Crippen molar-refractivity contribution in [1.29, 1.82) is 0 Å². The highest BCUT2D eigenvalue weighted by atomic mass is 35.5. The summed E-state index contributed by atoms with van der Waals surface area (Å²) in [5.74, 6) is 0.481. The SMILES string of the molecule is CCOP(=O)(Cc1ccc(CCl)cc1)OCC. The highest BCUT2D eigenvalue weighted by Crippen LogP contribution is 2.51. The third kappa shape index (κ3) is 4.81. The van der Waals surface area contributed by atoms with Crippen LogP contribution in [-0.4, -0.2) is 13.2 Å². The standard InChI is InChI=1S/C12H18ClO3P/c1-3-15-17(14,16-4-2)10-12-7-5-11(9-13)6-8-12/h5-8H,3-4,9-10H2,1-2H3. The summed E-state index contributed by atoms with van der Waals surface area (Å²) in [7, 11) is -3.00. The van der Waals surface area contributed by atoms with Gasteiger partial charge in [-0.15, -0.1) is 11.6 Å². The van der Waals surface area contributed by atoms with Gasteiger partial charge in [-0.2, -0.15) is 0 Å². The monoisotopic (exact) mass is 276 g/mol. The molecule has 0 fully saturated rings. The molecule has 0 bridgehead atoms. The predicted octanol–water partition coefficient (Wildman–Crippen LogP) is 4.19. The lowest BCUT2D eigenvalue weighted by Gasteiger charge is -2.16. The molecular weight excluding hydrogens is 259 g/mol. The van der Waals surface area contributed by atoms with Gasteiger partial charge in [-0.1, -0.05) is 24.3 Å². The van der Waals surface area contributed by atoms with Crippen molar-refractivity contribution < 1.29 is 13.6 Å². The Morgan fingerprint density at radius 1 is 1.06 bits per heavy atom. The average molecular weight is 277 g/mol. The number of benzene rings is 1. The second-order valence-corrected chi connectivity index (χ2v) is 5.88. The maximum Gasteiger partial charge on any atom is 0.335 e. The van der Waals surface area contributed by atoms with E-state index in [-0.39, 0.29) is 0 Å². The van der Waals surface area contributed by atoms with E-state index < -0.39 is 7.60 Å². The Hall–Kier alpha value is -0.340. The van der Waals surface area contributed by atoms with Crippen LogP contribution >= 0.6 is 19.2 Å². The molecule has 0 spiro atoms. The van der Waals surface area contributed by atoms with Gasteiger partial charge in [-0.3, -0.25) is 4.57 Å². The van der Waals surface area contributed by atoms with E-state index in [9.17, 15) is 4.57 Å². The molecule has 0 N–H and O–H groups in total. The Kier molecular flexibility index (Phi) is 6.21. The van der Waals surface area contributed by atoms with Crippen molar-refractivity contribution in [2.75, 3.05) is 13.2 Å². The predicted molar refractivity (Wildman–Crippen MR) is 70.6 cm³/mol. The molecule has 17 heavy (non-hydrogen) atoms. The van der Waals surface area contributed by atoms with Crippen molar-refractivity contribution in [1.82, 2.24) is 0 Å². The van der Waals surface area contributed by atoms with Gasteiger partial charge in [0.15, 0.2) is 0 Å². The second kappa shape index (κ2) is 7.17. The summed E-state index contributed by atoms with van der Waals surface area (Å²) in [6.07, 6.45) is 0.303. The summed E-state index contributed by atoms with van der Waals surface area (Å²) in [6.45, 7) is 4.39. The fraction of sp³-hybridized carbons (Fsp3) is 0.500. The normalized spacial score (nSPS) is 11.7. The minimum absolute atomic E-state index is 0.303. The van der Waals surface area contributed by atoms with Crippen LogP contribution in [-0.2, 0) is 25.7 Å². The third-order valence-electron chi connectivity index (χ3n) is 2.21. The molecular formula is C12H18ClO3P. The lowest BCUT2D eigenvalue weighted by Crippen LogP contribution is -1.99. The molecule has 0 heterocycles. The van der Waals surface area contributed by atoms with Crippen molar-refractivity contribution in [3.63, 3.8) is 0 Å². The second-order valence-electron chi connectivity index (χ2n) is 3.55. The quantitative estimate of drug-likeness (QED) is 0.553. The van der Waals surface area contributed by atoms with Crippen molar-refractivity contribution in [3.05, 3.63) is 35.4 Å². The Balaban J connectivity index is 2.75. The highest BCUT2D eigenvalue weighted by molar-refractivity contribution is 7.53. The molecule has 96 valence electrons. The molecule has 0 radical (unpaired) electrons. The summed E-state index contributed by atoms with van der Waals surface area (Å²) in [5, 5.41) is 0. The van der Waals surface area contributed by atoms with Gasteiger partial charge < -0.3 is 9.05 Å². The Morgan fingerprint density at radius 3 is 1.94 bits per heavy atom. The van der Waals surface area contributed by atoms with Gasteiger partial charge in [0.25, 0.3) is 0 Å². The maximum atomic E-state index is 12.3. The topological polar surface area (TPSA) is 35.5 Å². The van der Waals surface area contributed by atoms with Crippen molar-refractivity contribution in [2.24, 2.45) is 0 Å². The van der Waals surface area contributed by atoms with Gasteiger partial charge in [0.2, 0.25) is 0 Å². The number of alkyl halides is 1. The van der Waals surface area contributed by atoms with E-state index >= 15 is 0 Å². The van der Waals surface area contributed by atoms with Crippen LogP contribution in [0.3, 0.4) is 0 Å². The fourth-order valence-corrected chi connectivity index (χ4v) is 3.36. The summed E-state index contributed by atoms with van der Waals surface area (Å²) < 4.78 is 22.7. The van der Waals surface area contributed by atoms with E-state index in [0.29, 0.717) is 25.3 Å². The van der Waals surface area contributed by atoms with Crippen LogP contribution in [0.1, 0.15) is 25.0 Å². The lowest BCUT2D eigenvalue weighted by atomic mass is 10.2. The average Bonchev–Trinajstić information content (AvgIpc) is 2.30. The summed E-state index contributed by atoms with van der Waals surface area (Å²) in [4.78, 5) is 0. The van der Waals surface area contributed by atoms with Crippen LogP contribution < -0.4 is 0 Å². The Bertz CT molecular complexity index is 368. The number of hydrogen-bond donors (Lipinski definition) is 0. The van der Waals surface area contributed by atoms with Gasteiger partial charge >= 0.3 is 7.60 Å². The van der Waals surface area contributed by atoms with Gasteiger partial charge in [0, 0.05) is 5.88 Å². The van der Waals surface area contributed by atoms with Crippen LogP contribution in [0.5, 0.6) is 0 Å². The van der Waals surface area contributed by atoms with Crippen molar-refractivity contribution in [3.8, 4) is 0 Å². The zero-order valence-corrected chi connectivity index (χ0v) is 11.8. The lowest BCUT2D eigenvalue weighted by molar-refractivity contribution is 0.219. The van der Waals surface area contributed by atoms with Crippen LogP contribution in [0.25, 0.3) is 0 Å². The Morgan fingerprint density at radius 2 is 1.53 bits per heavy atom. The maximum absolute atomic E-state index is 12.3. The number of halogens is 1. The third-order valence-corrected chi connectivity index (χ3v) is 4.57. The van der Waals surface area contributed by atoms with E-state index in [1.54, 1.807) is 0 Å². The first-order valence-corrected chi connectivity index (χ1v) is 7.91. The first-order chi connectivity index (χ1) is 8.13. The zero-order chi connectivity index (χ0) is 12.7.